The van der Waals surface area contributed by atoms with E-state index in [4.69, 9.17) is 4.42 Å². The summed E-state index contributed by atoms with van der Waals surface area (Å²) in [5.41, 5.74) is 0.747. The number of rotatable bonds is 4. The first kappa shape index (κ1) is 15.3. The Labute approximate surface area is 123 Å². The highest BCUT2D eigenvalue weighted by atomic mass is 16.4. The van der Waals surface area contributed by atoms with Gasteiger partial charge in [-0.15, -0.1) is 0 Å². The average Bonchev–Trinajstić information content (AvgIpc) is 2.93. The highest BCUT2D eigenvalue weighted by molar-refractivity contribution is 5.96. The highest BCUT2D eigenvalue weighted by Gasteiger charge is 2.28. The summed E-state index contributed by atoms with van der Waals surface area (Å²) >= 11 is 0. The van der Waals surface area contributed by atoms with E-state index in [9.17, 15) is 9.90 Å². The van der Waals surface area contributed by atoms with E-state index in [0.717, 1.165) is 11.5 Å². The monoisotopic (exact) mass is 291 g/mol. The van der Waals surface area contributed by atoms with Crippen molar-refractivity contribution >= 4 is 5.91 Å². The largest absolute Gasteiger partial charge is 0.463 e. The summed E-state index contributed by atoms with van der Waals surface area (Å²) in [5, 5.41) is 17.4. The predicted octanol–water partition coefficient (Wildman–Crippen LogP) is 1.58. The Morgan fingerprint density at radius 1 is 1.43 bits per heavy atom. The zero-order valence-corrected chi connectivity index (χ0v) is 13.0. The smallest absolute Gasteiger partial charge is 0.255 e. The number of aryl methyl sites for hydroxylation is 3. The molecule has 0 aromatic carbocycles. The summed E-state index contributed by atoms with van der Waals surface area (Å²) in [4.78, 5) is 12.3. The molecule has 0 bridgehead atoms. The van der Waals surface area contributed by atoms with E-state index < -0.39 is 5.60 Å². The second-order valence-corrected chi connectivity index (χ2v) is 5.54. The van der Waals surface area contributed by atoms with E-state index >= 15 is 0 Å². The molecule has 2 heterocycles. The Bertz CT molecular complexity index is 668. The normalized spacial score (nSPS) is 14.0. The van der Waals surface area contributed by atoms with Gasteiger partial charge in [0.1, 0.15) is 17.1 Å². The molecule has 0 aliphatic carbocycles. The van der Waals surface area contributed by atoms with Crippen LogP contribution in [0.4, 0.5) is 0 Å². The van der Waals surface area contributed by atoms with Crippen molar-refractivity contribution in [2.24, 2.45) is 7.05 Å². The maximum Gasteiger partial charge on any atom is 0.255 e. The lowest BCUT2D eigenvalue weighted by atomic mass is 10.0. The molecule has 0 aliphatic heterocycles. The van der Waals surface area contributed by atoms with E-state index in [2.05, 4.69) is 10.4 Å². The molecule has 2 N–H and O–H groups in total. The lowest BCUT2D eigenvalue weighted by molar-refractivity contribution is 0.0323. The van der Waals surface area contributed by atoms with E-state index in [0.29, 0.717) is 17.0 Å². The van der Waals surface area contributed by atoms with Gasteiger partial charge in [0, 0.05) is 12.7 Å². The number of carbonyl (C=O) groups excluding carboxylic acids is 1. The molecule has 0 aliphatic rings. The third kappa shape index (κ3) is 3.00. The fourth-order valence-corrected chi connectivity index (χ4v) is 2.25. The van der Waals surface area contributed by atoms with E-state index in [1.165, 1.54) is 0 Å². The minimum absolute atomic E-state index is 0.0621. The molecule has 0 radical (unpaired) electrons. The van der Waals surface area contributed by atoms with Gasteiger partial charge in [0.05, 0.1) is 17.8 Å². The molecule has 2 rings (SSSR count). The molecule has 0 fully saturated rings. The molecule has 2 aromatic rings. The summed E-state index contributed by atoms with van der Waals surface area (Å²) in [6, 6.07) is 3.49. The van der Waals surface area contributed by atoms with E-state index in [-0.39, 0.29) is 12.5 Å². The lowest BCUT2D eigenvalue weighted by Crippen LogP contribution is -2.38. The number of carbonyl (C=O) groups is 1. The third-order valence-corrected chi connectivity index (χ3v) is 3.60. The minimum atomic E-state index is -1.26. The van der Waals surface area contributed by atoms with Crippen LogP contribution in [-0.2, 0) is 12.6 Å². The number of hydrogen-bond acceptors (Lipinski definition) is 4. The first-order valence-electron chi connectivity index (χ1n) is 6.80. The SMILES string of the molecule is Cc1ccc([C@](C)(O)CNC(=O)c2c(C)nn(C)c2C)o1. The molecule has 6 nitrogen and oxygen atoms in total. The van der Waals surface area contributed by atoms with Crippen molar-refractivity contribution in [2.75, 3.05) is 6.54 Å². The van der Waals surface area contributed by atoms with Crippen molar-refractivity contribution < 1.29 is 14.3 Å². The van der Waals surface area contributed by atoms with Gasteiger partial charge in [-0.1, -0.05) is 0 Å². The zero-order valence-electron chi connectivity index (χ0n) is 13.0. The van der Waals surface area contributed by atoms with Gasteiger partial charge in [0.25, 0.3) is 5.91 Å². The van der Waals surface area contributed by atoms with Crippen molar-refractivity contribution in [2.45, 2.75) is 33.3 Å². The van der Waals surface area contributed by atoms with Crippen LogP contribution >= 0.6 is 0 Å². The topological polar surface area (TPSA) is 80.3 Å². The minimum Gasteiger partial charge on any atom is -0.463 e. The van der Waals surface area contributed by atoms with Crippen LogP contribution < -0.4 is 5.32 Å². The van der Waals surface area contributed by atoms with Crippen molar-refractivity contribution in [1.29, 1.82) is 0 Å². The maximum absolute atomic E-state index is 12.3. The highest BCUT2D eigenvalue weighted by Crippen LogP contribution is 2.22. The van der Waals surface area contributed by atoms with Crippen molar-refractivity contribution in [1.82, 2.24) is 15.1 Å². The fraction of sp³-hybridized carbons (Fsp3) is 0.467. The molecule has 0 saturated carbocycles. The summed E-state index contributed by atoms with van der Waals surface area (Å²) in [6.07, 6.45) is 0. The Kier molecular flexibility index (Phi) is 3.91. The molecule has 0 saturated heterocycles. The molecule has 0 spiro atoms. The molecular formula is C15H21N3O3. The Morgan fingerprint density at radius 2 is 2.10 bits per heavy atom. The van der Waals surface area contributed by atoms with Crippen LogP contribution in [0.5, 0.6) is 0 Å². The van der Waals surface area contributed by atoms with Crippen LogP contribution in [0.15, 0.2) is 16.5 Å². The van der Waals surface area contributed by atoms with Gasteiger partial charge in [-0.25, -0.2) is 0 Å². The quantitative estimate of drug-likeness (QED) is 0.896. The van der Waals surface area contributed by atoms with E-state index in [1.807, 2.05) is 6.92 Å². The lowest BCUT2D eigenvalue weighted by Gasteiger charge is -2.21. The summed E-state index contributed by atoms with van der Waals surface area (Å²) in [6.45, 7) is 7.10. The number of nitrogens with one attached hydrogen (secondary N) is 1. The summed E-state index contributed by atoms with van der Waals surface area (Å²) in [5.74, 6) is 0.900. The van der Waals surface area contributed by atoms with Gasteiger partial charge in [-0.3, -0.25) is 9.48 Å². The predicted molar refractivity (Wildman–Crippen MR) is 78.0 cm³/mol. The molecular weight excluding hydrogens is 270 g/mol. The Hall–Kier alpha value is -2.08. The van der Waals surface area contributed by atoms with Crippen molar-refractivity contribution in [3.8, 4) is 0 Å². The molecule has 0 unspecified atom stereocenters. The number of furan rings is 1. The van der Waals surface area contributed by atoms with Crippen LogP contribution in [-0.4, -0.2) is 27.3 Å². The van der Waals surface area contributed by atoms with Gasteiger partial charge in [-0.2, -0.15) is 5.10 Å². The number of aromatic nitrogens is 2. The third-order valence-electron chi connectivity index (χ3n) is 3.60. The standard InChI is InChI=1S/C15H21N3O3/c1-9-6-7-12(21-9)15(4,20)8-16-14(19)13-10(2)17-18(5)11(13)3/h6-7,20H,8H2,1-5H3,(H,16,19)/t15-/m1/s1. The Balaban J connectivity index is 2.10. The molecule has 1 atom stereocenters. The van der Waals surface area contributed by atoms with Gasteiger partial charge < -0.3 is 14.8 Å². The average molecular weight is 291 g/mol. The second kappa shape index (κ2) is 5.37. The van der Waals surface area contributed by atoms with Crippen LogP contribution in [0, 0.1) is 20.8 Å². The van der Waals surface area contributed by atoms with Crippen LogP contribution in [0.25, 0.3) is 0 Å². The summed E-state index contributed by atoms with van der Waals surface area (Å²) in [7, 11) is 1.79. The molecule has 114 valence electrons. The number of amides is 1. The second-order valence-electron chi connectivity index (χ2n) is 5.54. The zero-order chi connectivity index (χ0) is 15.8. The molecule has 21 heavy (non-hydrogen) atoms. The van der Waals surface area contributed by atoms with Crippen LogP contribution in [0.1, 0.15) is 40.2 Å². The van der Waals surface area contributed by atoms with Gasteiger partial charge in [0.2, 0.25) is 0 Å². The summed E-state index contributed by atoms with van der Waals surface area (Å²) < 4.78 is 7.09. The Morgan fingerprint density at radius 3 is 2.57 bits per heavy atom. The van der Waals surface area contributed by atoms with Crippen LogP contribution in [0.3, 0.4) is 0 Å². The van der Waals surface area contributed by atoms with E-state index in [1.54, 1.807) is 44.6 Å². The molecule has 2 aromatic heterocycles. The molecule has 1 amide bonds. The first-order valence-corrected chi connectivity index (χ1v) is 6.80. The van der Waals surface area contributed by atoms with Gasteiger partial charge in [-0.05, 0) is 39.8 Å². The fourth-order valence-electron chi connectivity index (χ4n) is 2.25. The van der Waals surface area contributed by atoms with Crippen molar-refractivity contribution in [3.05, 3.63) is 40.6 Å². The molecule has 6 heteroatoms. The number of aliphatic hydroxyl groups is 1. The first-order chi connectivity index (χ1) is 9.72. The number of nitrogens with zero attached hydrogens (tertiary/aromatic N) is 2. The van der Waals surface area contributed by atoms with Gasteiger partial charge >= 0.3 is 0 Å². The van der Waals surface area contributed by atoms with Gasteiger partial charge in [0.15, 0.2) is 0 Å². The maximum atomic E-state index is 12.3. The van der Waals surface area contributed by atoms with Crippen LogP contribution in [0.2, 0.25) is 0 Å². The number of hydrogen-bond donors (Lipinski definition) is 2. The van der Waals surface area contributed by atoms with Crippen molar-refractivity contribution in [3.63, 3.8) is 0 Å².